The molecule has 0 saturated carbocycles. The fraction of sp³-hybridized carbons (Fsp3) is 0.105. The lowest BCUT2D eigenvalue weighted by Crippen LogP contribution is -2.18. The molecule has 0 fully saturated rings. The number of allylic oxidation sites excluding steroid dienone is 3. The van der Waals surface area contributed by atoms with E-state index in [1.54, 1.807) is 12.1 Å². The Morgan fingerprint density at radius 3 is 2.38 bits per heavy atom. The molecule has 0 aliphatic carbocycles. The lowest BCUT2D eigenvalue weighted by Gasteiger charge is -2.12. The molecule has 7 heteroatoms. The second kappa shape index (κ2) is 9.22. The number of rotatable bonds is 8. The van der Waals surface area contributed by atoms with Gasteiger partial charge in [0.15, 0.2) is 5.75 Å². The van der Waals surface area contributed by atoms with Gasteiger partial charge in [0.2, 0.25) is 0 Å². The number of aryl methyl sites for hydroxylation is 1. The number of carboxylic acid groups (broad SMARTS) is 1. The fourth-order valence-corrected chi connectivity index (χ4v) is 2.09. The van der Waals surface area contributed by atoms with Crippen molar-refractivity contribution in [1.29, 1.82) is 0 Å². The van der Waals surface area contributed by atoms with Gasteiger partial charge in [0, 0.05) is 6.20 Å². The second-order valence-corrected chi connectivity index (χ2v) is 5.38. The smallest absolute Gasteiger partial charge is 0.335 e. The van der Waals surface area contributed by atoms with Gasteiger partial charge in [-0.2, -0.15) is 0 Å². The standard InChI is InChI=1S/C19H18F2N2O3/c20-15-6-1-13(2-7-15)3-8-17(11-16(21)12-22)23-26-18-9-4-14(5-10-18)19(24)25/h1-2,4-7,9-12,23H,3,8,22H2,(H,24,25)/b16-12+,17-11+. The first kappa shape index (κ1) is 19.0. The van der Waals surface area contributed by atoms with Crippen molar-refractivity contribution in [3.05, 3.63) is 89.3 Å². The SMILES string of the molecule is N/C=C(F)\C=C(/CCc1ccc(F)cc1)NOc1ccc(C(=O)O)cc1. The third-order valence-corrected chi connectivity index (χ3v) is 3.47. The molecule has 2 aromatic carbocycles. The predicted octanol–water partition coefficient (Wildman–Crippen LogP) is 3.69. The summed E-state index contributed by atoms with van der Waals surface area (Å²) in [5.41, 5.74) is 9.20. The number of aromatic carboxylic acids is 1. The number of nitrogens with one attached hydrogen (secondary N) is 1. The van der Waals surface area contributed by atoms with Crippen LogP contribution in [0.15, 0.2) is 72.3 Å². The molecule has 2 rings (SSSR count). The molecule has 0 saturated heterocycles. The number of hydroxylamine groups is 1. The molecule has 4 N–H and O–H groups in total. The van der Waals surface area contributed by atoms with Crippen molar-refractivity contribution < 1.29 is 23.5 Å². The van der Waals surface area contributed by atoms with Crippen LogP contribution in [-0.4, -0.2) is 11.1 Å². The van der Waals surface area contributed by atoms with Crippen LogP contribution in [0, 0.1) is 5.82 Å². The van der Waals surface area contributed by atoms with Crippen molar-refractivity contribution in [3.63, 3.8) is 0 Å². The maximum atomic E-state index is 13.5. The maximum Gasteiger partial charge on any atom is 0.335 e. The molecule has 0 amide bonds. The largest absolute Gasteiger partial charge is 0.478 e. The molecule has 0 spiro atoms. The monoisotopic (exact) mass is 360 g/mol. The minimum absolute atomic E-state index is 0.126. The molecule has 2 aromatic rings. The number of carbonyl (C=O) groups is 1. The van der Waals surface area contributed by atoms with Gasteiger partial charge in [-0.15, -0.1) is 0 Å². The molecule has 26 heavy (non-hydrogen) atoms. The Bertz CT molecular complexity index is 801. The van der Waals surface area contributed by atoms with Crippen molar-refractivity contribution >= 4 is 5.97 Å². The number of benzene rings is 2. The quantitative estimate of drug-likeness (QED) is 0.494. The number of nitrogens with two attached hydrogens (primary N) is 1. The highest BCUT2D eigenvalue weighted by Gasteiger charge is 2.05. The van der Waals surface area contributed by atoms with Crippen LogP contribution < -0.4 is 16.1 Å². The highest BCUT2D eigenvalue weighted by atomic mass is 19.1. The third-order valence-electron chi connectivity index (χ3n) is 3.47. The van der Waals surface area contributed by atoms with Crippen LogP contribution >= 0.6 is 0 Å². The van der Waals surface area contributed by atoms with Gasteiger partial charge in [0.05, 0.1) is 11.3 Å². The average molecular weight is 360 g/mol. The van der Waals surface area contributed by atoms with Crippen molar-refractivity contribution in [2.75, 3.05) is 0 Å². The molecule has 5 nitrogen and oxygen atoms in total. The Morgan fingerprint density at radius 2 is 1.81 bits per heavy atom. The van der Waals surface area contributed by atoms with E-state index in [-0.39, 0.29) is 11.4 Å². The van der Waals surface area contributed by atoms with Crippen LogP contribution in [0.4, 0.5) is 8.78 Å². The van der Waals surface area contributed by atoms with Crippen LogP contribution in [0.1, 0.15) is 22.3 Å². The predicted molar refractivity (Wildman–Crippen MR) is 93.3 cm³/mol. The molecule has 0 atom stereocenters. The van der Waals surface area contributed by atoms with Gasteiger partial charge >= 0.3 is 5.97 Å². The molecule has 0 aliphatic heterocycles. The van der Waals surface area contributed by atoms with Crippen LogP contribution in [0.3, 0.4) is 0 Å². The molecular weight excluding hydrogens is 342 g/mol. The summed E-state index contributed by atoms with van der Waals surface area (Å²) >= 11 is 0. The van der Waals surface area contributed by atoms with Crippen LogP contribution in [0.2, 0.25) is 0 Å². The first-order valence-corrected chi connectivity index (χ1v) is 7.76. The van der Waals surface area contributed by atoms with Gasteiger partial charge in [0.25, 0.3) is 0 Å². The Hall–Kier alpha value is -3.35. The zero-order valence-corrected chi connectivity index (χ0v) is 13.8. The van der Waals surface area contributed by atoms with E-state index >= 15 is 0 Å². The summed E-state index contributed by atoms with van der Waals surface area (Å²) in [7, 11) is 0. The average Bonchev–Trinajstić information content (AvgIpc) is 2.65. The highest BCUT2D eigenvalue weighted by Crippen LogP contribution is 2.15. The summed E-state index contributed by atoms with van der Waals surface area (Å²) in [4.78, 5) is 16.2. The van der Waals surface area contributed by atoms with Gasteiger partial charge in [-0.05, 0) is 60.9 Å². The van der Waals surface area contributed by atoms with Gasteiger partial charge in [-0.1, -0.05) is 12.1 Å². The Kier molecular flexibility index (Phi) is 6.73. The number of hydrogen-bond donors (Lipinski definition) is 3. The molecule has 0 unspecified atom stereocenters. The molecule has 0 radical (unpaired) electrons. The zero-order valence-electron chi connectivity index (χ0n) is 13.8. The van der Waals surface area contributed by atoms with E-state index in [1.807, 2.05) is 0 Å². The Morgan fingerprint density at radius 1 is 1.15 bits per heavy atom. The first-order valence-electron chi connectivity index (χ1n) is 7.76. The van der Waals surface area contributed by atoms with E-state index in [2.05, 4.69) is 5.48 Å². The van der Waals surface area contributed by atoms with E-state index in [9.17, 15) is 13.6 Å². The van der Waals surface area contributed by atoms with E-state index in [1.165, 1.54) is 42.5 Å². The van der Waals surface area contributed by atoms with Crippen molar-refractivity contribution in [1.82, 2.24) is 5.48 Å². The Balaban J connectivity index is 2.01. The van der Waals surface area contributed by atoms with Gasteiger partial charge < -0.3 is 15.7 Å². The van der Waals surface area contributed by atoms with Crippen LogP contribution in [0.25, 0.3) is 0 Å². The highest BCUT2D eigenvalue weighted by molar-refractivity contribution is 5.87. The maximum absolute atomic E-state index is 13.5. The number of halogens is 2. The van der Waals surface area contributed by atoms with Crippen molar-refractivity contribution in [3.8, 4) is 5.75 Å². The summed E-state index contributed by atoms with van der Waals surface area (Å²) in [6.45, 7) is 0. The zero-order chi connectivity index (χ0) is 18.9. The van der Waals surface area contributed by atoms with E-state index in [0.717, 1.165) is 11.8 Å². The van der Waals surface area contributed by atoms with Crippen molar-refractivity contribution in [2.24, 2.45) is 5.73 Å². The topological polar surface area (TPSA) is 84.6 Å². The normalized spacial score (nSPS) is 11.9. The van der Waals surface area contributed by atoms with Crippen LogP contribution in [0.5, 0.6) is 5.75 Å². The summed E-state index contributed by atoms with van der Waals surface area (Å²) in [5, 5.41) is 8.87. The van der Waals surface area contributed by atoms with E-state index < -0.39 is 11.8 Å². The summed E-state index contributed by atoms with van der Waals surface area (Å²) in [6.07, 6.45) is 2.93. The summed E-state index contributed by atoms with van der Waals surface area (Å²) in [5.74, 6) is -1.65. The second-order valence-electron chi connectivity index (χ2n) is 5.38. The molecule has 0 aliphatic rings. The third kappa shape index (κ3) is 5.94. The van der Waals surface area contributed by atoms with Gasteiger partial charge in [-0.3, -0.25) is 0 Å². The van der Waals surface area contributed by atoms with E-state index in [0.29, 0.717) is 24.3 Å². The first-order chi connectivity index (χ1) is 12.5. The Labute approximate surface area is 149 Å². The lowest BCUT2D eigenvalue weighted by atomic mass is 10.1. The minimum atomic E-state index is -1.04. The van der Waals surface area contributed by atoms with E-state index in [4.69, 9.17) is 15.7 Å². The fourth-order valence-electron chi connectivity index (χ4n) is 2.09. The van der Waals surface area contributed by atoms with Gasteiger partial charge in [-0.25, -0.2) is 19.1 Å². The van der Waals surface area contributed by atoms with Gasteiger partial charge in [0.1, 0.15) is 11.6 Å². The molecule has 0 aromatic heterocycles. The van der Waals surface area contributed by atoms with Crippen molar-refractivity contribution in [2.45, 2.75) is 12.8 Å². The molecule has 136 valence electrons. The molecule has 0 heterocycles. The van der Waals surface area contributed by atoms with Crippen LogP contribution in [-0.2, 0) is 6.42 Å². The number of hydrogen-bond acceptors (Lipinski definition) is 4. The lowest BCUT2D eigenvalue weighted by molar-refractivity contribution is 0.0697. The summed E-state index contributed by atoms with van der Waals surface area (Å²) < 4.78 is 26.4. The number of carboxylic acids is 1. The minimum Gasteiger partial charge on any atom is -0.478 e. The molecular formula is C19H18F2N2O3. The summed E-state index contributed by atoms with van der Waals surface area (Å²) in [6, 6.07) is 11.7. The molecule has 0 bridgehead atoms.